The molecule has 2 aromatic carbocycles. The van der Waals surface area contributed by atoms with E-state index >= 15 is 0 Å². The number of carbonyl (C=O) groups excluding carboxylic acids is 1. The van der Waals surface area contributed by atoms with E-state index in [-0.39, 0.29) is 11.9 Å². The van der Waals surface area contributed by atoms with Crippen LogP contribution in [0.15, 0.2) is 73.1 Å². The van der Waals surface area contributed by atoms with Gasteiger partial charge in [0.05, 0.1) is 16.8 Å². The molecular formula is C28H30N4O. The molecule has 0 spiro atoms. The maximum atomic E-state index is 13.0. The molecule has 33 heavy (non-hydrogen) atoms. The average molecular weight is 439 g/mol. The van der Waals surface area contributed by atoms with Crippen molar-refractivity contribution < 1.29 is 4.79 Å². The Bertz CT molecular complexity index is 1230. The Labute approximate surface area is 195 Å². The first kappa shape index (κ1) is 22.5. The Morgan fingerprint density at radius 3 is 2.42 bits per heavy atom. The number of nitrogens with one attached hydrogen (secondary N) is 2. The Kier molecular flexibility index (Phi) is 6.98. The zero-order chi connectivity index (χ0) is 23.2. The molecule has 0 saturated carbocycles. The fourth-order valence-corrected chi connectivity index (χ4v) is 3.79. The van der Waals surface area contributed by atoms with Crippen molar-refractivity contribution in [2.75, 3.05) is 5.32 Å². The molecule has 1 amide bonds. The molecule has 2 aromatic heterocycles. The molecule has 0 aliphatic rings. The van der Waals surface area contributed by atoms with Crippen molar-refractivity contribution in [3.63, 3.8) is 0 Å². The molecule has 0 radical (unpaired) electrons. The molecule has 2 N–H and O–H groups in total. The molecule has 4 rings (SSSR count). The predicted octanol–water partition coefficient (Wildman–Crippen LogP) is 6.52. The normalized spacial score (nSPS) is 11.0. The van der Waals surface area contributed by atoms with Gasteiger partial charge in [-0.2, -0.15) is 0 Å². The number of benzene rings is 2. The van der Waals surface area contributed by atoms with Crippen LogP contribution in [0.25, 0.3) is 22.0 Å². The van der Waals surface area contributed by atoms with E-state index in [9.17, 15) is 4.79 Å². The number of para-hydroxylation sites is 1. The van der Waals surface area contributed by atoms with Crippen molar-refractivity contribution in [2.24, 2.45) is 0 Å². The van der Waals surface area contributed by atoms with E-state index in [1.807, 2.05) is 56.4 Å². The fourth-order valence-electron chi connectivity index (χ4n) is 3.79. The van der Waals surface area contributed by atoms with E-state index < -0.39 is 0 Å². The Morgan fingerprint density at radius 1 is 0.939 bits per heavy atom. The summed E-state index contributed by atoms with van der Waals surface area (Å²) >= 11 is 0. The van der Waals surface area contributed by atoms with Crippen LogP contribution >= 0.6 is 0 Å². The first-order valence-corrected chi connectivity index (χ1v) is 11.6. The summed E-state index contributed by atoms with van der Waals surface area (Å²) in [5.41, 5.74) is 6.20. The molecule has 0 unspecified atom stereocenters. The number of amides is 1. The van der Waals surface area contributed by atoms with Crippen LogP contribution in [-0.4, -0.2) is 21.9 Å². The van der Waals surface area contributed by atoms with Gasteiger partial charge in [0, 0.05) is 40.8 Å². The van der Waals surface area contributed by atoms with Gasteiger partial charge in [-0.05, 0) is 62.6 Å². The topological polar surface area (TPSA) is 66.9 Å². The number of nitrogens with zero attached hydrogens (tertiary/aromatic N) is 2. The van der Waals surface area contributed by atoms with Crippen molar-refractivity contribution >= 4 is 28.2 Å². The quantitative estimate of drug-likeness (QED) is 0.329. The van der Waals surface area contributed by atoms with Crippen molar-refractivity contribution in [1.29, 1.82) is 0 Å². The number of aromatic nitrogens is 2. The number of fused-ring (bicyclic) bond motifs is 1. The van der Waals surface area contributed by atoms with Gasteiger partial charge in [0.1, 0.15) is 0 Å². The lowest BCUT2D eigenvalue weighted by atomic mass is 10.0. The summed E-state index contributed by atoms with van der Waals surface area (Å²) in [4.78, 5) is 22.2. The zero-order valence-electron chi connectivity index (χ0n) is 19.4. The van der Waals surface area contributed by atoms with E-state index in [2.05, 4.69) is 51.8 Å². The molecule has 0 bridgehead atoms. The number of aryl methyl sites for hydroxylation is 1. The first-order valence-electron chi connectivity index (χ1n) is 11.6. The van der Waals surface area contributed by atoms with Gasteiger partial charge in [-0.15, -0.1) is 0 Å². The Hall–Kier alpha value is -3.73. The SMILES string of the molecule is CCCCc1ccc(-c2ccc3ncc(C(=O)NC(C)C)c(Nc4ccccc4)c3c2)cn1. The van der Waals surface area contributed by atoms with Gasteiger partial charge in [0.25, 0.3) is 5.91 Å². The largest absolute Gasteiger partial charge is 0.354 e. The lowest BCUT2D eigenvalue weighted by molar-refractivity contribution is 0.0944. The lowest BCUT2D eigenvalue weighted by Crippen LogP contribution is -2.30. The van der Waals surface area contributed by atoms with E-state index in [4.69, 9.17) is 0 Å². The molecule has 0 aliphatic carbocycles. The summed E-state index contributed by atoms with van der Waals surface area (Å²) < 4.78 is 0. The second-order valence-corrected chi connectivity index (χ2v) is 8.54. The van der Waals surface area contributed by atoms with Gasteiger partial charge >= 0.3 is 0 Å². The van der Waals surface area contributed by atoms with Gasteiger partial charge in [-0.1, -0.05) is 43.7 Å². The van der Waals surface area contributed by atoms with Crippen LogP contribution in [0.4, 0.5) is 11.4 Å². The predicted molar refractivity (Wildman–Crippen MR) is 136 cm³/mol. The number of hydrogen-bond donors (Lipinski definition) is 2. The molecule has 5 nitrogen and oxygen atoms in total. The summed E-state index contributed by atoms with van der Waals surface area (Å²) in [7, 11) is 0. The van der Waals surface area contributed by atoms with Crippen molar-refractivity contribution in [2.45, 2.75) is 46.1 Å². The molecule has 2 heterocycles. The molecule has 0 aliphatic heterocycles. The summed E-state index contributed by atoms with van der Waals surface area (Å²) in [6.45, 7) is 6.09. The summed E-state index contributed by atoms with van der Waals surface area (Å²) in [6, 6.07) is 20.3. The smallest absolute Gasteiger partial charge is 0.255 e. The van der Waals surface area contributed by atoms with Crippen molar-refractivity contribution in [3.05, 3.63) is 84.3 Å². The van der Waals surface area contributed by atoms with Crippen LogP contribution in [0, 0.1) is 0 Å². The molecule has 0 atom stereocenters. The van der Waals surface area contributed by atoms with Gasteiger partial charge in [-0.25, -0.2) is 0 Å². The minimum Gasteiger partial charge on any atom is -0.354 e. The fraction of sp³-hybridized carbons (Fsp3) is 0.250. The maximum Gasteiger partial charge on any atom is 0.255 e. The van der Waals surface area contributed by atoms with Crippen LogP contribution in [0.5, 0.6) is 0 Å². The van der Waals surface area contributed by atoms with E-state index in [0.717, 1.165) is 58.4 Å². The molecule has 168 valence electrons. The number of hydrogen-bond acceptors (Lipinski definition) is 4. The molecule has 0 fully saturated rings. The number of anilines is 2. The van der Waals surface area contributed by atoms with Crippen molar-refractivity contribution in [3.8, 4) is 11.1 Å². The third kappa shape index (κ3) is 5.37. The van der Waals surface area contributed by atoms with Crippen LogP contribution in [0.1, 0.15) is 49.7 Å². The second-order valence-electron chi connectivity index (χ2n) is 8.54. The Morgan fingerprint density at radius 2 is 1.73 bits per heavy atom. The first-order chi connectivity index (χ1) is 16.0. The number of unbranched alkanes of at least 4 members (excludes halogenated alkanes) is 1. The van der Waals surface area contributed by atoms with Crippen molar-refractivity contribution in [1.82, 2.24) is 15.3 Å². The van der Waals surface area contributed by atoms with Crippen LogP contribution < -0.4 is 10.6 Å². The Balaban J connectivity index is 1.79. The highest BCUT2D eigenvalue weighted by Crippen LogP contribution is 2.32. The van der Waals surface area contributed by atoms with Gasteiger partial charge in [-0.3, -0.25) is 14.8 Å². The summed E-state index contributed by atoms with van der Waals surface area (Å²) in [6.07, 6.45) is 6.88. The highest BCUT2D eigenvalue weighted by molar-refractivity contribution is 6.08. The van der Waals surface area contributed by atoms with E-state index in [1.165, 1.54) is 0 Å². The van der Waals surface area contributed by atoms with Gasteiger partial charge in [0.15, 0.2) is 0 Å². The standard InChI is InChI=1S/C28H30N4O/c1-4-5-9-22-14-12-21(17-29-22)20-13-15-26-24(16-20)27(32-23-10-7-6-8-11-23)25(18-30-26)28(33)31-19(2)3/h6-8,10-19H,4-5,9H2,1-3H3,(H,30,32)(H,31,33). The highest BCUT2D eigenvalue weighted by atomic mass is 16.1. The summed E-state index contributed by atoms with van der Waals surface area (Å²) in [5, 5.41) is 7.35. The monoisotopic (exact) mass is 438 g/mol. The number of rotatable bonds is 8. The van der Waals surface area contributed by atoms with E-state index in [0.29, 0.717) is 5.56 Å². The van der Waals surface area contributed by atoms with Crippen LogP contribution in [-0.2, 0) is 6.42 Å². The third-order valence-corrected chi connectivity index (χ3v) is 5.52. The van der Waals surface area contributed by atoms with Crippen LogP contribution in [0.2, 0.25) is 0 Å². The van der Waals surface area contributed by atoms with Gasteiger partial charge < -0.3 is 10.6 Å². The maximum absolute atomic E-state index is 13.0. The average Bonchev–Trinajstić information content (AvgIpc) is 2.83. The third-order valence-electron chi connectivity index (χ3n) is 5.52. The van der Waals surface area contributed by atoms with Gasteiger partial charge in [0.2, 0.25) is 0 Å². The highest BCUT2D eigenvalue weighted by Gasteiger charge is 2.17. The molecule has 5 heteroatoms. The second kappa shape index (κ2) is 10.3. The molecule has 4 aromatic rings. The van der Waals surface area contributed by atoms with Crippen LogP contribution in [0.3, 0.4) is 0 Å². The lowest BCUT2D eigenvalue weighted by Gasteiger charge is -2.17. The molecular weight excluding hydrogens is 408 g/mol. The molecule has 0 saturated heterocycles. The minimum absolute atomic E-state index is 0.0291. The number of pyridine rings is 2. The zero-order valence-corrected chi connectivity index (χ0v) is 19.4. The minimum atomic E-state index is -0.148. The summed E-state index contributed by atoms with van der Waals surface area (Å²) in [5.74, 6) is -0.148. The van der Waals surface area contributed by atoms with E-state index in [1.54, 1.807) is 6.20 Å². The number of carbonyl (C=O) groups is 1.